The molecule has 0 amide bonds. The predicted molar refractivity (Wildman–Crippen MR) is 93.5 cm³/mol. The Morgan fingerprint density at radius 1 is 1.26 bits per heavy atom. The molecule has 0 saturated carbocycles. The average Bonchev–Trinajstić information content (AvgIpc) is 2.90. The van der Waals surface area contributed by atoms with Crippen LogP contribution in [-0.2, 0) is 0 Å². The zero-order valence-electron chi connectivity index (χ0n) is 12.9. The fourth-order valence-corrected chi connectivity index (χ4v) is 3.82. The molecule has 2 aromatic carbocycles. The summed E-state index contributed by atoms with van der Waals surface area (Å²) in [5.74, 6) is 0.139. The summed E-state index contributed by atoms with van der Waals surface area (Å²) >= 11 is 5.82. The predicted octanol–water partition coefficient (Wildman–Crippen LogP) is 4.40. The maximum atomic E-state index is 14.0. The summed E-state index contributed by atoms with van der Waals surface area (Å²) < 4.78 is 14.0. The Bertz CT molecular complexity index is 762. The summed E-state index contributed by atoms with van der Waals surface area (Å²) in [6, 6.07) is 9.39. The molecule has 0 bridgehead atoms. The first-order valence-electron chi connectivity index (χ1n) is 7.95. The average molecular weight is 332 g/mol. The van der Waals surface area contributed by atoms with Gasteiger partial charge in [-0.15, -0.1) is 0 Å². The normalized spacial score (nSPS) is 22.2. The molecule has 2 aromatic rings. The van der Waals surface area contributed by atoms with Crippen LogP contribution in [-0.4, -0.2) is 19.1 Å². The summed E-state index contributed by atoms with van der Waals surface area (Å²) in [6.07, 6.45) is 1.13. The van der Waals surface area contributed by atoms with Crippen LogP contribution in [0, 0.1) is 12.7 Å². The van der Waals surface area contributed by atoms with Crippen LogP contribution >= 0.6 is 11.6 Å². The molecule has 2 aliphatic rings. The number of hydrogen-bond donors (Lipinski definition) is 3. The van der Waals surface area contributed by atoms with Crippen LogP contribution in [0.4, 0.5) is 21.5 Å². The smallest absolute Gasteiger partial charge is 0.148 e. The molecule has 1 fully saturated rings. The van der Waals surface area contributed by atoms with Crippen molar-refractivity contribution in [3.05, 3.63) is 52.3 Å². The first-order chi connectivity index (χ1) is 11.1. The topological polar surface area (TPSA) is 36.1 Å². The van der Waals surface area contributed by atoms with Gasteiger partial charge >= 0.3 is 0 Å². The number of fused-ring (bicyclic) bond motifs is 3. The molecule has 5 heteroatoms. The van der Waals surface area contributed by atoms with Crippen molar-refractivity contribution in [3.63, 3.8) is 0 Å². The Morgan fingerprint density at radius 3 is 2.96 bits per heavy atom. The molecule has 3 N–H and O–H groups in total. The largest absolute Gasteiger partial charge is 0.381 e. The van der Waals surface area contributed by atoms with Crippen molar-refractivity contribution in [1.29, 1.82) is 0 Å². The lowest BCUT2D eigenvalue weighted by Gasteiger charge is -2.26. The zero-order valence-corrected chi connectivity index (χ0v) is 13.7. The number of benzene rings is 2. The van der Waals surface area contributed by atoms with E-state index in [1.54, 1.807) is 12.1 Å². The van der Waals surface area contributed by atoms with Crippen molar-refractivity contribution in [1.82, 2.24) is 5.32 Å². The van der Waals surface area contributed by atoms with Crippen LogP contribution in [0.2, 0.25) is 5.02 Å². The standard InChI is InChI=1S/C18H19ClFN3/c1-10-6-12(22-17-3-2-11(19)7-15(17)20)8-13-14-9-21-5-4-16(14)23-18(10)13/h2-3,6-8,14,16,21-23H,4-5,9H2,1H3/t14-,16-/m0/s1. The number of aryl methyl sites for hydroxylation is 1. The van der Waals surface area contributed by atoms with Crippen molar-refractivity contribution in [2.45, 2.75) is 25.3 Å². The lowest BCUT2D eigenvalue weighted by atomic mass is 9.89. The van der Waals surface area contributed by atoms with E-state index in [0.29, 0.717) is 22.7 Å². The zero-order chi connectivity index (χ0) is 16.0. The van der Waals surface area contributed by atoms with Crippen molar-refractivity contribution >= 4 is 28.7 Å². The van der Waals surface area contributed by atoms with E-state index in [1.165, 1.54) is 22.9 Å². The summed E-state index contributed by atoms with van der Waals surface area (Å²) in [4.78, 5) is 0. The lowest BCUT2D eigenvalue weighted by molar-refractivity contribution is 0.440. The molecular weight excluding hydrogens is 313 g/mol. The third kappa shape index (κ3) is 2.66. The second kappa shape index (κ2) is 5.69. The summed E-state index contributed by atoms with van der Waals surface area (Å²) in [5.41, 5.74) is 5.10. The van der Waals surface area contributed by atoms with Crippen LogP contribution in [0.15, 0.2) is 30.3 Å². The van der Waals surface area contributed by atoms with E-state index in [0.717, 1.165) is 25.2 Å². The van der Waals surface area contributed by atoms with Crippen LogP contribution in [0.3, 0.4) is 0 Å². The van der Waals surface area contributed by atoms with E-state index >= 15 is 0 Å². The highest BCUT2D eigenvalue weighted by Crippen LogP contribution is 2.42. The van der Waals surface area contributed by atoms with Crippen LogP contribution in [0.25, 0.3) is 0 Å². The first kappa shape index (κ1) is 14.8. The van der Waals surface area contributed by atoms with Crippen LogP contribution in [0.5, 0.6) is 0 Å². The minimum absolute atomic E-state index is 0.342. The Kier molecular flexibility index (Phi) is 3.66. The maximum absolute atomic E-state index is 14.0. The summed E-state index contributed by atoms with van der Waals surface area (Å²) in [6.45, 7) is 4.14. The molecule has 23 heavy (non-hydrogen) atoms. The van der Waals surface area contributed by atoms with Gasteiger partial charge in [0.15, 0.2) is 0 Å². The Morgan fingerprint density at radius 2 is 2.13 bits per heavy atom. The van der Waals surface area contributed by atoms with Gasteiger partial charge in [-0.1, -0.05) is 11.6 Å². The van der Waals surface area contributed by atoms with Gasteiger partial charge in [-0.05, 0) is 61.3 Å². The van der Waals surface area contributed by atoms with E-state index in [4.69, 9.17) is 11.6 Å². The highest BCUT2D eigenvalue weighted by molar-refractivity contribution is 6.30. The maximum Gasteiger partial charge on any atom is 0.148 e. The fraction of sp³-hybridized carbons (Fsp3) is 0.333. The van der Waals surface area contributed by atoms with Gasteiger partial charge in [0.2, 0.25) is 0 Å². The molecule has 0 aromatic heterocycles. The van der Waals surface area contributed by atoms with E-state index in [2.05, 4.69) is 35.0 Å². The molecule has 0 spiro atoms. The third-order valence-corrected chi connectivity index (χ3v) is 5.02. The van der Waals surface area contributed by atoms with Gasteiger partial charge in [-0.2, -0.15) is 0 Å². The minimum atomic E-state index is -0.342. The van der Waals surface area contributed by atoms with Gasteiger partial charge in [0.05, 0.1) is 5.69 Å². The number of anilines is 3. The molecule has 4 rings (SSSR count). The van der Waals surface area contributed by atoms with Crippen LogP contribution in [0.1, 0.15) is 23.5 Å². The van der Waals surface area contributed by atoms with Gasteiger partial charge < -0.3 is 16.0 Å². The van der Waals surface area contributed by atoms with E-state index in [1.807, 2.05) is 0 Å². The van der Waals surface area contributed by atoms with Gasteiger partial charge in [0, 0.05) is 34.9 Å². The van der Waals surface area contributed by atoms with Crippen molar-refractivity contribution < 1.29 is 4.39 Å². The first-order valence-corrected chi connectivity index (χ1v) is 8.33. The Labute approximate surface area is 140 Å². The van der Waals surface area contributed by atoms with Gasteiger partial charge in [0.25, 0.3) is 0 Å². The number of rotatable bonds is 2. The van der Waals surface area contributed by atoms with E-state index in [9.17, 15) is 4.39 Å². The highest BCUT2D eigenvalue weighted by Gasteiger charge is 2.34. The van der Waals surface area contributed by atoms with E-state index in [-0.39, 0.29) is 5.82 Å². The van der Waals surface area contributed by atoms with E-state index < -0.39 is 0 Å². The Balaban J connectivity index is 1.68. The summed E-state index contributed by atoms with van der Waals surface area (Å²) in [5, 5.41) is 10.7. The number of halogens is 2. The third-order valence-electron chi connectivity index (χ3n) is 4.79. The lowest BCUT2D eigenvalue weighted by Crippen LogP contribution is -2.38. The SMILES string of the molecule is Cc1cc(Nc2ccc(Cl)cc2F)cc2c1N[C@H]1CCNC[C@@H]21. The molecule has 2 aliphatic heterocycles. The number of piperidine rings is 1. The summed E-state index contributed by atoms with van der Waals surface area (Å²) in [7, 11) is 0. The molecule has 120 valence electrons. The number of nitrogens with one attached hydrogen (secondary N) is 3. The number of hydrogen-bond acceptors (Lipinski definition) is 3. The minimum Gasteiger partial charge on any atom is -0.381 e. The monoisotopic (exact) mass is 331 g/mol. The molecule has 3 nitrogen and oxygen atoms in total. The molecule has 0 unspecified atom stereocenters. The second-order valence-corrected chi connectivity index (χ2v) is 6.79. The Hall–Kier alpha value is -1.78. The van der Waals surface area contributed by atoms with Gasteiger partial charge in [-0.3, -0.25) is 0 Å². The van der Waals surface area contributed by atoms with Crippen molar-refractivity contribution in [2.75, 3.05) is 23.7 Å². The molecule has 0 radical (unpaired) electrons. The van der Waals surface area contributed by atoms with Crippen molar-refractivity contribution in [3.8, 4) is 0 Å². The fourth-order valence-electron chi connectivity index (χ4n) is 3.67. The molecule has 0 aliphatic carbocycles. The van der Waals surface area contributed by atoms with Gasteiger partial charge in [0.1, 0.15) is 5.82 Å². The quantitative estimate of drug-likeness (QED) is 0.763. The van der Waals surface area contributed by atoms with Crippen LogP contribution < -0.4 is 16.0 Å². The highest BCUT2D eigenvalue weighted by atomic mass is 35.5. The molecule has 1 saturated heterocycles. The second-order valence-electron chi connectivity index (χ2n) is 6.36. The van der Waals surface area contributed by atoms with Crippen molar-refractivity contribution in [2.24, 2.45) is 0 Å². The molecule has 2 heterocycles. The molecular formula is C18H19ClFN3. The van der Waals surface area contributed by atoms with Gasteiger partial charge in [-0.25, -0.2) is 4.39 Å². The molecule has 2 atom stereocenters.